The lowest BCUT2D eigenvalue weighted by atomic mass is 9.93. The molecule has 2 aromatic heterocycles. The van der Waals surface area contributed by atoms with Crippen LogP contribution in [0.1, 0.15) is 11.1 Å². The maximum Gasteiger partial charge on any atom is 0.0544 e. The third kappa shape index (κ3) is 2.79. The summed E-state index contributed by atoms with van der Waals surface area (Å²) in [5.74, 6) is 0. The van der Waals surface area contributed by atoms with Crippen LogP contribution in [0.4, 0.5) is 0 Å². The van der Waals surface area contributed by atoms with Crippen LogP contribution in [0.25, 0.3) is 58.8 Å². The summed E-state index contributed by atoms with van der Waals surface area (Å²) in [5.41, 5.74) is 8.98. The predicted octanol–water partition coefficient (Wildman–Crippen LogP) is 9.44. The zero-order chi connectivity index (χ0) is 22.8. The number of rotatable bonds is 2. The van der Waals surface area contributed by atoms with E-state index in [0.29, 0.717) is 0 Å². The minimum absolute atomic E-state index is 1.20. The first-order valence-electron chi connectivity index (χ1n) is 11.7. The van der Waals surface area contributed by atoms with Gasteiger partial charge in [-0.25, -0.2) is 0 Å². The normalized spacial score (nSPS) is 11.8. The van der Waals surface area contributed by atoms with Crippen molar-refractivity contribution in [2.45, 2.75) is 13.8 Å². The van der Waals surface area contributed by atoms with Gasteiger partial charge in [-0.15, -0.1) is 11.3 Å². The molecular formula is C32H23NS. The topological polar surface area (TPSA) is 4.93 Å². The second kappa shape index (κ2) is 7.31. The number of nitrogens with zero attached hydrogens (tertiary/aromatic N) is 1. The van der Waals surface area contributed by atoms with Crippen LogP contribution >= 0.6 is 11.3 Å². The van der Waals surface area contributed by atoms with E-state index in [4.69, 9.17) is 0 Å². The average Bonchev–Trinajstić information content (AvgIpc) is 3.38. The molecule has 0 aliphatic heterocycles. The highest BCUT2D eigenvalue weighted by atomic mass is 32.1. The van der Waals surface area contributed by atoms with Crippen molar-refractivity contribution in [1.29, 1.82) is 0 Å². The smallest absolute Gasteiger partial charge is 0.0544 e. The Balaban J connectivity index is 1.53. The summed E-state index contributed by atoms with van der Waals surface area (Å²) in [6.07, 6.45) is 0. The summed E-state index contributed by atoms with van der Waals surface area (Å²) >= 11 is 1.89. The fourth-order valence-electron chi connectivity index (χ4n) is 5.43. The van der Waals surface area contributed by atoms with E-state index in [1.54, 1.807) is 0 Å². The van der Waals surface area contributed by atoms with Gasteiger partial charge in [-0.1, -0.05) is 54.6 Å². The first-order valence-corrected chi connectivity index (χ1v) is 12.5. The van der Waals surface area contributed by atoms with Crippen molar-refractivity contribution in [2.24, 2.45) is 0 Å². The van der Waals surface area contributed by atoms with Crippen LogP contribution in [0.3, 0.4) is 0 Å². The van der Waals surface area contributed by atoms with Crippen molar-refractivity contribution in [2.75, 3.05) is 0 Å². The standard InChI is InChI=1S/C32H23NS/c1-20-16-28-24-13-7-9-15-31(24)34-32(28)19-26(20)25-18-27-23-12-6-8-14-29(23)33(30(27)17-21(25)2)22-10-4-3-5-11-22/h3-19H,1-2H3. The average molecular weight is 454 g/mol. The molecule has 0 radical (unpaired) electrons. The lowest BCUT2D eigenvalue weighted by Crippen LogP contribution is -1.94. The lowest BCUT2D eigenvalue weighted by molar-refractivity contribution is 1.18. The summed E-state index contributed by atoms with van der Waals surface area (Å²) in [7, 11) is 0. The molecule has 7 aromatic rings. The van der Waals surface area contributed by atoms with Gasteiger partial charge < -0.3 is 4.57 Å². The van der Waals surface area contributed by atoms with Gasteiger partial charge in [-0.3, -0.25) is 0 Å². The fraction of sp³-hybridized carbons (Fsp3) is 0.0625. The fourth-order valence-corrected chi connectivity index (χ4v) is 6.56. The predicted molar refractivity (Wildman–Crippen MR) is 149 cm³/mol. The molecule has 0 bridgehead atoms. The van der Waals surface area contributed by atoms with Gasteiger partial charge in [-0.2, -0.15) is 0 Å². The molecule has 0 amide bonds. The van der Waals surface area contributed by atoms with E-state index < -0.39 is 0 Å². The van der Waals surface area contributed by atoms with Gasteiger partial charge in [0.05, 0.1) is 11.0 Å². The largest absolute Gasteiger partial charge is 0.309 e. The van der Waals surface area contributed by atoms with Gasteiger partial charge in [0.15, 0.2) is 0 Å². The van der Waals surface area contributed by atoms with Gasteiger partial charge in [0.25, 0.3) is 0 Å². The van der Waals surface area contributed by atoms with Crippen LogP contribution in [-0.2, 0) is 0 Å². The van der Waals surface area contributed by atoms with E-state index in [1.165, 1.54) is 69.9 Å². The molecule has 0 fully saturated rings. The van der Waals surface area contributed by atoms with Crippen molar-refractivity contribution >= 4 is 53.3 Å². The Labute approximate surface area is 202 Å². The molecular weight excluding hydrogens is 430 g/mol. The van der Waals surface area contributed by atoms with E-state index >= 15 is 0 Å². The third-order valence-corrected chi connectivity index (χ3v) is 8.18. The highest BCUT2D eigenvalue weighted by molar-refractivity contribution is 7.25. The summed E-state index contributed by atoms with van der Waals surface area (Å²) in [5, 5.41) is 5.32. The molecule has 0 atom stereocenters. The van der Waals surface area contributed by atoms with Gasteiger partial charge in [0.2, 0.25) is 0 Å². The van der Waals surface area contributed by atoms with Gasteiger partial charge >= 0.3 is 0 Å². The van der Waals surface area contributed by atoms with Crippen molar-refractivity contribution in [3.63, 3.8) is 0 Å². The van der Waals surface area contributed by atoms with Crippen LogP contribution in [0, 0.1) is 13.8 Å². The SMILES string of the molecule is Cc1cc2c(cc1-c1cc3c4ccccc4n(-c4ccccc4)c3cc1C)sc1ccccc12. The van der Waals surface area contributed by atoms with Crippen molar-refractivity contribution < 1.29 is 0 Å². The van der Waals surface area contributed by atoms with Crippen molar-refractivity contribution in [3.8, 4) is 16.8 Å². The van der Waals surface area contributed by atoms with Gasteiger partial charge in [0.1, 0.15) is 0 Å². The van der Waals surface area contributed by atoms with Crippen LogP contribution in [0.15, 0.2) is 103 Å². The highest BCUT2D eigenvalue weighted by Gasteiger charge is 2.16. The van der Waals surface area contributed by atoms with Gasteiger partial charge in [-0.05, 0) is 84.6 Å². The van der Waals surface area contributed by atoms with Crippen LogP contribution in [0.5, 0.6) is 0 Å². The first kappa shape index (κ1) is 19.6. The monoisotopic (exact) mass is 453 g/mol. The molecule has 0 aliphatic carbocycles. The Morgan fingerprint density at radius 2 is 1.18 bits per heavy atom. The molecule has 34 heavy (non-hydrogen) atoms. The van der Waals surface area contributed by atoms with E-state index in [1.807, 2.05) is 11.3 Å². The minimum Gasteiger partial charge on any atom is -0.309 e. The zero-order valence-electron chi connectivity index (χ0n) is 19.2. The van der Waals surface area contributed by atoms with E-state index in [9.17, 15) is 0 Å². The molecule has 162 valence electrons. The Kier molecular flexibility index (Phi) is 4.21. The Morgan fingerprint density at radius 1 is 0.500 bits per heavy atom. The quantitative estimate of drug-likeness (QED) is 0.246. The number of thiophene rings is 1. The second-order valence-corrected chi connectivity index (χ2v) is 10.2. The number of benzene rings is 5. The van der Waals surface area contributed by atoms with Crippen LogP contribution < -0.4 is 0 Å². The molecule has 0 saturated heterocycles. The number of hydrogen-bond acceptors (Lipinski definition) is 1. The maximum absolute atomic E-state index is 2.41. The molecule has 5 aromatic carbocycles. The molecule has 7 rings (SSSR count). The highest BCUT2D eigenvalue weighted by Crippen LogP contribution is 2.41. The number of para-hydroxylation sites is 2. The summed E-state index contributed by atoms with van der Waals surface area (Å²) in [6, 6.07) is 37.7. The summed E-state index contributed by atoms with van der Waals surface area (Å²) in [4.78, 5) is 0. The maximum atomic E-state index is 2.41. The molecule has 0 saturated carbocycles. The Morgan fingerprint density at radius 3 is 2.03 bits per heavy atom. The lowest BCUT2D eigenvalue weighted by Gasteiger charge is -2.13. The van der Waals surface area contributed by atoms with Crippen LogP contribution in [0.2, 0.25) is 0 Å². The molecule has 0 spiro atoms. The second-order valence-electron chi connectivity index (χ2n) is 9.13. The zero-order valence-corrected chi connectivity index (χ0v) is 20.0. The third-order valence-electron chi connectivity index (χ3n) is 7.05. The number of fused-ring (bicyclic) bond motifs is 6. The minimum atomic E-state index is 1.20. The summed E-state index contributed by atoms with van der Waals surface area (Å²) < 4.78 is 5.10. The summed E-state index contributed by atoms with van der Waals surface area (Å²) in [6.45, 7) is 4.49. The molecule has 1 nitrogen and oxygen atoms in total. The number of aromatic nitrogens is 1. The number of hydrogen-bond donors (Lipinski definition) is 0. The molecule has 0 aliphatic rings. The van der Waals surface area contributed by atoms with Crippen LogP contribution in [-0.4, -0.2) is 4.57 Å². The molecule has 0 N–H and O–H groups in total. The van der Waals surface area contributed by atoms with Crippen molar-refractivity contribution in [3.05, 3.63) is 114 Å². The first-order chi connectivity index (χ1) is 16.7. The van der Waals surface area contributed by atoms with E-state index in [-0.39, 0.29) is 0 Å². The molecule has 2 heteroatoms. The van der Waals surface area contributed by atoms with Gasteiger partial charge in [0, 0.05) is 36.6 Å². The molecule has 0 unspecified atom stereocenters. The number of aryl methyl sites for hydroxylation is 2. The van der Waals surface area contributed by atoms with E-state index in [2.05, 4.69) is 122 Å². The Hall–Kier alpha value is -3.88. The van der Waals surface area contributed by atoms with Crippen molar-refractivity contribution in [1.82, 2.24) is 4.57 Å². The Bertz CT molecular complexity index is 1870. The van der Waals surface area contributed by atoms with E-state index in [0.717, 1.165) is 0 Å². The molecule has 2 heterocycles.